The molecule has 0 heterocycles. The third-order valence-corrected chi connectivity index (χ3v) is 8.49. The van der Waals surface area contributed by atoms with E-state index >= 15 is 0 Å². The van der Waals surface area contributed by atoms with Crippen molar-refractivity contribution in [2.75, 3.05) is 38.0 Å². The molecule has 2 aromatic rings. The quantitative estimate of drug-likeness (QED) is 0.238. The van der Waals surface area contributed by atoms with E-state index in [4.69, 9.17) is 0 Å². The summed E-state index contributed by atoms with van der Waals surface area (Å²) in [6, 6.07) is 17.2. The Bertz CT molecular complexity index is 1010. The maximum Gasteiger partial charge on any atom is 0.137 e. The van der Waals surface area contributed by atoms with Gasteiger partial charge >= 0.3 is 0 Å². The highest BCUT2D eigenvalue weighted by atomic mass is 16.1. The minimum Gasteiger partial charge on any atom is -0.378 e. The molecule has 0 aliphatic heterocycles. The van der Waals surface area contributed by atoms with Crippen molar-refractivity contribution in [3.05, 3.63) is 59.7 Å². The second-order valence-electron chi connectivity index (χ2n) is 11.7. The van der Waals surface area contributed by atoms with E-state index in [0.717, 1.165) is 67.4 Å². The molecule has 3 rings (SSSR count). The van der Waals surface area contributed by atoms with Gasteiger partial charge in [0.15, 0.2) is 0 Å². The second kappa shape index (κ2) is 14.5. The zero-order valence-electron chi connectivity index (χ0n) is 24.7. The van der Waals surface area contributed by atoms with Crippen LogP contribution in [-0.4, -0.2) is 39.8 Å². The van der Waals surface area contributed by atoms with E-state index in [9.17, 15) is 9.59 Å². The molecule has 1 aliphatic carbocycles. The first-order valence-corrected chi connectivity index (χ1v) is 14.9. The predicted octanol–water partition coefficient (Wildman–Crippen LogP) is 8.01. The van der Waals surface area contributed by atoms with Gasteiger partial charge in [-0.25, -0.2) is 0 Å². The lowest BCUT2D eigenvalue weighted by atomic mass is 9.59. The Morgan fingerprint density at radius 3 is 1.79 bits per heavy atom. The maximum atomic E-state index is 14.1. The number of carbonyl (C=O) groups is 2. The number of nitrogens with zero attached hydrogens (tertiary/aromatic N) is 2. The Morgan fingerprint density at radius 2 is 1.26 bits per heavy atom. The molecular weight excluding hydrogens is 468 g/mol. The Hall–Kier alpha value is -2.62. The molecule has 208 valence electrons. The Morgan fingerprint density at radius 1 is 0.737 bits per heavy atom. The highest BCUT2D eigenvalue weighted by Crippen LogP contribution is 2.50. The van der Waals surface area contributed by atoms with E-state index in [1.807, 2.05) is 28.2 Å². The molecule has 1 saturated carbocycles. The standard InChI is InChI=1S/C34H50N2O2/c1-7-9-11-13-15-31(37)34-30(25-16-20-27(21-17-25)35(3)4)24-32(38)29(14-12-10-8-2)33(34)26-18-22-28(23-19-26)36(5)6/h16-23,29-30,33-34H,7-15,24H2,1-6H3/t29-,30-,33-,34-/m0/s1. The Balaban J connectivity index is 2.06. The number of hydrogen-bond acceptors (Lipinski definition) is 4. The smallest absolute Gasteiger partial charge is 0.137 e. The number of hydrogen-bond donors (Lipinski definition) is 0. The van der Waals surface area contributed by atoms with Crippen molar-refractivity contribution < 1.29 is 9.59 Å². The molecule has 1 fully saturated rings. The summed E-state index contributed by atoms with van der Waals surface area (Å²) in [5.74, 6) is 0.279. The van der Waals surface area contributed by atoms with Gasteiger partial charge < -0.3 is 9.80 Å². The highest BCUT2D eigenvalue weighted by Gasteiger charge is 2.47. The highest BCUT2D eigenvalue weighted by molar-refractivity contribution is 5.91. The van der Waals surface area contributed by atoms with Crippen molar-refractivity contribution >= 4 is 22.9 Å². The van der Waals surface area contributed by atoms with Gasteiger partial charge in [0.05, 0.1) is 0 Å². The van der Waals surface area contributed by atoms with Gasteiger partial charge in [0.2, 0.25) is 0 Å². The molecule has 0 spiro atoms. The Kier molecular flexibility index (Phi) is 11.4. The van der Waals surface area contributed by atoms with Gasteiger partial charge in [-0.1, -0.05) is 76.6 Å². The summed E-state index contributed by atoms with van der Waals surface area (Å²) in [6.07, 6.45) is 9.61. The lowest BCUT2D eigenvalue weighted by Crippen LogP contribution is -2.42. The minimum atomic E-state index is -0.170. The number of carbonyl (C=O) groups excluding carboxylic acids is 2. The second-order valence-corrected chi connectivity index (χ2v) is 11.7. The normalized spacial score (nSPS) is 21.4. The van der Waals surface area contributed by atoms with Crippen molar-refractivity contribution in [1.29, 1.82) is 0 Å². The van der Waals surface area contributed by atoms with Crippen molar-refractivity contribution in [1.82, 2.24) is 0 Å². The lowest BCUT2D eigenvalue weighted by molar-refractivity contribution is -0.133. The van der Waals surface area contributed by atoms with Crippen LogP contribution in [0.15, 0.2) is 48.5 Å². The zero-order valence-corrected chi connectivity index (χ0v) is 24.7. The molecule has 0 amide bonds. The number of rotatable bonds is 14. The van der Waals surface area contributed by atoms with Crippen LogP contribution in [0.5, 0.6) is 0 Å². The SMILES string of the molecule is CCCCCCC(=O)[C@H]1[C@@H](c2ccc(N(C)C)cc2)[C@@H](CCCCC)C(=O)C[C@H]1c1ccc(N(C)C)cc1. The van der Waals surface area contributed by atoms with Crippen LogP contribution in [0.4, 0.5) is 11.4 Å². The molecule has 38 heavy (non-hydrogen) atoms. The van der Waals surface area contributed by atoms with E-state index in [1.165, 1.54) is 6.42 Å². The average molecular weight is 519 g/mol. The summed E-state index contributed by atoms with van der Waals surface area (Å²) in [4.78, 5) is 32.2. The van der Waals surface area contributed by atoms with Gasteiger partial charge in [0.1, 0.15) is 11.6 Å². The molecule has 0 N–H and O–H groups in total. The average Bonchev–Trinajstić information content (AvgIpc) is 2.91. The van der Waals surface area contributed by atoms with Crippen LogP contribution in [0.2, 0.25) is 0 Å². The summed E-state index contributed by atoms with van der Waals surface area (Å²) >= 11 is 0. The van der Waals surface area contributed by atoms with Gasteiger partial charge in [-0.3, -0.25) is 9.59 Å². The topological polar surface area (TPSA) is 40.6 Å². The summed E-state index contributed by atoms with van der Waals surface area (Å²) in [5.41, 5.74) is 4.54. The largest absolute Gasteiger partial charge is 0.378 e. The number of anilines is 2. The fourth-order valence-electron chi connectivity index (χ4n) is 6.25. The number of benzene rings is 2. The summed E-state index contributed by atoms with van der Waals surface area (Å²) in [5, 5.41) is 0. The van der Waals surface area contributed by atoms with Crippen molar-refractivity contribution in [2.24, 2.45) is 11.8 Å². The maximum absolute atomic E-state index is 14.1. The summed E-state index contributed by atoms with van der Waals surface area (Å²) in [7, 11) is 8.16. The van der Waals surface area contributed by atoms with E-state index < -0.39 is 0 Å². The minimum absolute atomic E-state index is 0.0680. The fourth-order valence-corrected chi connectivity index (χ4v) is 6.25. The van der Waals surface area contributed by atoms with Gasteiger partial charge in [0.25, 0.3) is 0 Å². The molecule has 4 nitrogen and oxygen atoms in total. The summed E-state index contributed by atoms with van der Waals surface area (Å²) < 4.78 is 0. The molecular formula is C34H50N2O2. The van der Waals surface area contributed by atoms with Gasteiger partial charge in [-0.05, 0) is 48.2 Å². The van der Waals surface area contributed by atoms with Crippen molar-refractivity contribution in [2.45, 2.75) is 89.9 Å². The molecule has 0 saturated heterocycles. The Labute approximate surface area is 231 Å². The molecule has 0 bridgehead atoms. The predicted molar refractivity (Wildman–Crippen MR) is 162 cm³/mol. The van der Waals surface area contributed by atoms with Gasteiger partial charge in [-0.15, -0.1) is 0 Å². The van der Waals surface area contributed by atoms with Crippen molar-refractivity contribution in [3.63, 3.8) is 0 Å². The molecule has 0 unspecified atom stereocenters. The van der Waals surface area contributed by atoms with Crippen LogP contribution in [0, 0.1) is 11.8 Å². The molecule has 0 aromatic heterocycles. The van der Waals surface area contributed by atoms with Crippen LogP contribution in [-0.2, 0) is 9.59 Å². The fraction of sp³-hybridized carbons (Fsp3) is 0.588. The molecule has 4 heteroatoms. The molecule has 1 aliphatic rings. The van der Waals surface area contributed by atoms with Crippen molar-refractivity contribution in [3.8, 4) is 0 Å². The molecule has 4 atom stereocenters. The van der Waals surface area contributed by atoms with E-state index in [0.29, 0.717) is 24.4 Å². The van der Waals surface area contributed by atoms with E-state index in [1.54, 1.807) is 0 Å². The number of Topliss-reactive ketones (excluding diaryl/α,β-unsaturated/α-hetero) is 2. The van der Waals surface area contributed by atoms with Crippen LogP contribution < -0.4 is 9.80 Å². The van der Waals surface area contributed by atoms with E-state index in [-0.39, 0.29) is 23.7 Å². The van der Waals surface area contributed by atoms with Gasteiger partial charge in [0, 0.05) is 76.1 Å². The van der Waals surface area contributed by atoms with Crippen LogP contribution in [0.1, 0.15) is 101 Å². The van der Waals surface area contributed by atoms with Crippen LogP contribution >= 0.6 is 0 Å². The number of unbranched alkanes of at least 4 members (excludes halogenated alkanes) is 5. The van der Waals surface area contributed by atoms with Crippen LogP contribution in [0.25, 0.3) is 0 Å². The number of ketones is 2. The first kappa shape index (κ1) is 29.9. The zero-order chi connectivity index (χ0) is 27.7. The van der Waals surface area contributed by atoms with Crippen LogP contribution in [0.3, 0.4) is 0 Å². The monoisotopic (exact) mass is 518 g/mol. The third kappa shape index (κ3) is 7.48. The molecule has 0 radical (unpaired) electrons. The van der Waals surface area contributed by atoms with Gasteiger partial charge in [-0.2, -0.15) is 0 Å². The first-order valence-electron chi connectivity index (χ1n) is 14.9. The first-order chi connectivity index (χ1) is 18.3. The lowest BCUT2D eigenvalue weighted by Gasteiger charge is -2.42. The van der Waals surface area contributed by atoms with E-state index in [2.05, 4.69) is 72.2 Å². The third-order valence-electron chi connectivity index (χ3n) is 8.49. The summed E-state index contributed by atoms with van der Waals surface area (Å²) in [6.45, 7) is 4.41. The molecule has 2 aromatic carbocycles.